The van der Waals surface area contributed by atoms with Gasteiger partial charge < -0.3 is 15.4 Å². The molecule has 0 unspecified atom stereocenters. The highest BCUT2D eigenvalue weighted by Gasteiger charge is 2.11. The van der Waals surface area contributed by atoms with Crippen molar-refractivity contribution in [2.45, 2.75) is 33.1 Å². The van der Waals surface area contributed by atoms with E-state index in [-0.39, 0.29) is 11.8 Å². The zero-order valence-electron chi connectivity index (χ0n) is 15.2. The molecule has 0 atom stereocenters. The number of ether oxygens (including phenoxy) is 1. The predicted molar refractivity (Wildman–Crippen MR) is 105 cm³/mol. The predicted octanol–water partition coefficient (Wildman–Crippen LogP) is 5.04. The van der Waals surface area contributed by atoms with Crippen molar-refractivity contribution >= 4 is 34.8 Å². The number of hydrogen-bond acceptors (Lipinski definition) is 3. The van der Waals surface area contributed by atoms with E-state index in [1.807, 2.05) is 19.9 Å². The molecule has 2 rings (SSSR count). The van der Waals surface area contributed by atoms with E-state index in [9.17, 15) is 9.59 Å². The average molecular weight is 375 g/mol. The van der Waals surface area contributed by atoms with Gasteiger partial charge in [-0.15, -0.1) is 0 Å². The summed E-state index contributed by atoms with van der Waals surface area (Å²) in [5.74, 6) is 0.317. The zero-order chi connectivity index (χ0) is 19.1. The van der Waals surface area contributed by atoms with Crippen LogP contribution in [0.1, 0.15) is 42.1 Å². The van der Waals surface area contributed by atoms with E-state index in [2.05, 4.69) is 10.6 Å². The summed E-state index contributed by atoms with van der Waals surface area (Å²) in [5, 5.41) is 5.94. The van der Waals surface area contributed by atoms with Crippen LogP contribution in [-0.2, 0) is 4.79 Å². The molecule has 0 heterocycles. The molecule has 0 aromatic heterocycles. The lowest BCUT2D eigenvalue weighted by Crippen LogP contribution is -2.13. The van der Waals surface area contributed by atoms with Crippen LogP contribution in [0.25, 0.3) is 0 Å². The SMILES string of the molecule is CCCCC(=O)Nc1ccc(NC(=O)c2ccc(C)c(OC)c2)cc1Cl. The summed E-state index contributed by atoms with van der Waals surface area (Å²) >= 11 is 6.22. The van der Waals surface area contributed by atoms with Crippen LogP contribution < -0.4 is 15.4 Å². The lowest BCUT2D eigenvalue weighted by Gasteiger charge is -2.11. The minimum absolute atomic E-state index is 0.0720. The number of anilines is 2. The number of rotatable bonds is 7. The third-order valence-electron chi connectivity index (χ3n) is 3.93. The van der Waals surface area contributed by atoms with Gasteiger partial charge in [0, 0.05) is 17.7 Å². The Labute approximate surface area is 158 Å². The molecule has 0 aliphatic carbocycles. The number of carbonyl (C=O) groups excluding carboxylic acids is 2. The van der Waals surface area contributed by atoms with Crippen molar-refractivity contribution in [2.75, 3.05) is 17.7 Å². The van der Waals surface area contributed by atoms with Gasteiger partial charge in [-0.25, -0.2) is 0 Å². The van der Waals surface area contributed by atoms with Gasteiger partial charge in [-0.3, -0.25) is 9.59 Å². The van der Waals surface area contributed by atoms with Crippen LogP contribution in [0, 0.1) is 6.92 Å². The summed E-state index contributed by atoms with van der Waals surface area (Å²) in [4.78, 5) is 24.2. The highest BCUT2D eigenvalue weighted by molar-refractivity contribution is 6.34. The minimum Gasteiger partial charge on any atom is -0.496 e. The van der Waals surface area contributed by atoms with Crippen molar-refractivity contribution in [3.05, 3.63) is 52.5 Å². The first-order valence-corrected chi connectivity index (χ1v) is 8.87. The maximum atomic E-state index is 12.4. The molecular formula is C20H23ClN2O3. The number of nitrogens with one attached hydrogen (secondary N) is 2. The Bertz CT molecular complexity index is 806. The fourth-order valence-corrected chi connectivity index (χ4v) is 2.64. The van der Waals surface area contributed by atoms with Gasteiger partial charge in [0.1, 0.15) is 5.75 Å². The molecule has 0 bridgehead atoms. The molecule has 2 amide bonds. The molecule has 0 spiro atoms. The van der Waals surface area contributed by atoms with Gasteiger partial charge in [0.05, 0.1) is 17.8 Å². The summed E-state index contributed by atoms with van der Waals surface area (Å²) < 4.78 is 5.24. The molecule has 26 heavy (non-hydrogen) atoms. The number of aryl methyl sites for hydroxylation is 1. The molecule has 2 N–H and O–H groups in total. The van der Waals surface area contributed by atoms with E-state index >= 15 is 0 Å². The standard InChI is InChI=1S/C20H23ClN2O3/c1-4-5-6-19(24)23-17-10-9-15(12-16(17)21)22-20(25)14-8-7-13(2)18(11-14)26-3/h7-12H,4-6H2,1-3H3,(H,22,25)(H,23,24). The number of amides is 2. The van der Waals surface area contributed by atoms with E-state index in [1.165, 1.54) is 0 Å². The molecule has 0 radical (unpaired) electrons. The molecule has 0 saturated heterocycles. The summed E-state index contributed by atoms with van der Waals surface area (Å²) in [6, 6.07) is 10.2. The van der Waals surface area contributed by atoms with E-state index in [1.54, 1.807) is 37.4 Å². The van der Waals surface area contributed by atoms with Crippen LogP contribution in [0.2, 0.25) is 5.02 Å². The molecule has 0 fully saturated rings. The van der Waals surface area contributed by atoms with Crippen LogP contribution in [0.4, 0.5) is 11.4 Å². The Balaban J connectivity index is 2.07. The van der Waals surface area contributed by atoms with Crippen molar-refractivity contribution in [1.82, 2.24) is 0 Å². The topological polar surface area (TPSA) is 67.4 Å². The number of hydrogen-bond donors (Lipinski definition) is 2. The second-order valence-corrected chi connectivity index (χ2v) is 6.39. The lowest BCUT2D eigenvalue weighted by atomic mass is 10.1. The normalized spacial score (nSPS) is 10.3. The van der Waals surface area contributed by atoms with Gasteiger partial charge in [0.2, 0.25) is 5.91 Å². The Morgan fingerprint density at radius 3 is 2.54 bits per heavy atom. The van der Waals surface area contributed by atoms with Crippen molar-refractivity contribution in [3.63, 3.8) is 0 Å². The molecule has 0 aliphatic rings. The quantitative estimate of drug-likeness (QED) is 0.713. The molecule has 2 aromatic carbocycles. The zero-order valence-corrected chi connectivity index (χ0v) is 15.9. The highest BCUT2D eigenvalue weighted by Crippen LogP contribution is 2.26. The first-order valence-electron chi connectivity index (χ1n) is 8.50. The van der Waals surface area contributed by atoms with Crippen molar-refractivity contribution in [1.29, 1.82) is 0 Å². The molecule has 5 nitrogen and oxygen atoms in total. The monoisotopic (exact) mass is 374 g/mol. The van der Waals surface area contributed by atoms with Crippen molar-refractivity contribution in [2.24, 2.45) is 0 Å². The number of methoxy groups -OCH3 is 1. The fourth-order valence-electron chi connectivity index (χ4n) is 2.41. The molecule has 6 heteroatoms. The second-order valence-electron chi connectivity index (χ2n) is 5.98. The first-order chi connectivity index (χ1) is 12.4. The van der Waals surface area contributed by atoms with Gasteiger partial charge in [-0.05, 0) is 49.2 Å². The average Bonchev–Trinajstić information content (AvgIpc) is 2.62. The van der Waals surface area contributed by atoms with Crippen LogP contribution in [0.3, 0.4) is 0 Å². The second kappa shape index (κ2) is 9.25. The van der Waals surface area contributed by atoms with E-state index < -0.39 is 0 Å². The summed E-state index contributed by atoms with van der Waals surface area (Å²) in [6.45, 7) is 3.94. The summed E-state index contributed by atoms with van der Waals surface area (Å²) in [6.07, 6.45) is 2.24. The number of halogens is 1. The molecule has 0 saturated carbocycles. The Hall–Kier alpha value is -2.53. The number of unbranched alkanes of at least 4 members (excludes halogenated alkanes) is 1. The van der Waals surface area contributed by atoms with Gasteiger partial charge >= 0.3 is 0 Å². The summed E-state index contributed by atoms with van der Waals surface area (Å²) in [7, 11) is 1.57. The summed E-state index contributed by atoms with van der Waals surface area (Å²) in [5.41, 5.74) is 2.52. The molecular weight excluding hydrogens is 352 g/mol. The Morgan fingerprint density at radius 2 is 1.88 bits per heavy atom. The van der Waals surface area contributed by atoms with E-state index in [4.69, 9.17) is 16.3 Å². The van der Waals surface area contributed by atoms with Crippen LogP contribution >= 0.6 is 11.6 Å². The lowest BCUT2D eigenvalue weighted by molar-refractivity contribution is -0.116. The maximum absolute atomic E-state index is 12.4. The van der Waals surface area contributed by atoms with Crippen LogP contribution in [0.5, 0.6) is 5.75 Å². The molecule has 0 aliphatic heterocycles. The maximum Gasteiger partial charge on any atom is 0.255 e. The van der Waals surface area contributed by atoms with Crippen molar-refractivity contribution in [3.8, 4) is 5.75 Å². The number of benzene rings is 2. The third kappa shape index (κ3) is 5.23. The van der Waals surface area contributed by atoms with E-state index in [0.29, 0.717) is 34.1 Å². The largest absolute Gasteiger partial charge is 0.496 e. The van der Waals surface area contributed by atoms with Gasteiger partial charge in [-0.2, -0.15) is 0 Å². The van der Waals surface area contributed by atoms with Crippen molar-refractivity contribution < 1.29 is 14.3 Å². The van der Waals surface area contributed by atoms with Crippen LogP contribution in [-0.4, -0.2) is 18.9 Å². The molecule has 138 valence electrons. The minimum atomic E-state index is -0.265. The van der Waals surface area contributed by atoms with Gasteiger partial charge in [0.25, 0.3) is 5.91 Å². The van der Waals surface area contributed by atoms with Gasteiger partial charge in [-0.1, -0.05) is 31.0 Å². The highest BCUT2D eigenvalue weighted by atomic mass is 35.5. The fraction of sp³-hybridized carbons (Fsp3) is 0.300. The Morgan fingerprint density at radius 1 is 1.12 bits per heavy atom. The van der Waals surface area contributed by atoms with Gasteiger partial charge in [0.15, 0.2) is 0 Å². The number of carbonyl (C=O) groups is 2. The first kappa shape index (κ1) is 19.8. The van der Waals surface area contributed by atoms with E-state index in [0.717, 1.165) is 18.4 Å². The smallest absolute Gasteiger partial charge is 0.255 e. The Kier molecular flexibility index (Phi) is 7.04. The van der Waals surface area contributed by atoms with Crippen LogP contribution in [0.15, 0.2) is 36.4 Å². The third-order valence-corrected chi connectivity index (χ3v) is 4.24. The molecule has 2 aromatic rings.